The molecular weight excluding hydrogens is 895 g/mol. The Hall–Kier alpha value is -10.1. The molecule has 7 heteroatoms. The van der Waals surface area contributed by atoms with Crippen LogP contribution >= 0.6 is 0 Å². The molecule has 0 N–H and O–H groups in total. The Bertz CT molecular complexity index is 5020. The lowest BCUT2D eigenvalue weighted by molar-refractivity contribution is 0.669. The third-order valence-corrected chi connectivity index (χ3v) is 15.6. The highest BCUT2D eigenvalue weighted by atomic mass is 16.3. The van der Waals surface area contributed by atoms with Crippen molar-refractivity contribution >= 4 is 115 Å². The van der Waals surface area contributed by atoms with E-state index < -0.39 is 0 Å². The number of benzene rings is 10. The molecule has 0 bridgehead atoms. The molecule has 5 heterocycles. The summed E-state index contributed by atoms with van der Waals surface area (Å²) < 4.78 is 20.2. The Kier molecular flexibility index (Phi) is 8.02. The highest BCUT2D eigenvalue weighted by Gasteiger charge is 2.35. The molecule has 0 radical (unpaired) electrons. The lowest BCUT2D eigenvalue weighted by Crippen LogP contribution is -2.15. The zero-order valence-electron chi connectivity index (χ0n) is 39.0. The van der Waals surface area contributed by atoms with E-state index in [1.54, 1.807) is 0 Å². The van der Waals surface area contributed by atoms with Gasteiger partial charge in [-0.2, -0.15) is 10.5 Å². The van der Waals surface area contributed by atoms with Crippen molar-refractivity contribution in [3.05, 3.63) is 217 Å². The summed E-state index contributed by atoms with van der Waals surface area (Å²) in [6.45, 7) is 0. The number of hydrogen-bond donors (Lipinski definition) is 0. The van der Waals surface area contributed by atoms with Gasteiger partial charge in [-0.15, -0.1) is 0 Å². The SMILES string of the molecule is N#Cc1c(-n2c3c(c4ccccc42)C=CCC3)c(-c2ccc3oc4ccccc4c3c2)c(-n2c3ccccc3c3ccccc32)c(C#N)c1-n1c2ccc3ccccc3c2c2c3oc4ccccc4c3ccc21. The largest absolute Gasteiger partial charge is 0.456 e. The van der Waals surface area contributed by atoms with E-state index >= 15 is 0 Å². The summed E-state index contributed by atoms with van der Waals surface area (Å²) in [5.74, 6) is 0. The molecule has 0 saturated heterocycles. The number of nitrogens with zero attached hydrogens (tertiary/aromatic N) is 5. The first-order chi connectivity index (χ1) is 36.2. The Morgan fingerprint density at radius 3 is 1.68 bits per heavy atom. The van der Waals surface area contributed by atoms with Crippen LogP contribution < -0.4 is 0 Å². The smallest absolute Gasteiger partial charge is 0.145 e. The molecule has 5 aromatic heterocycles. The molecule has 0 atom stereocenters. The lowest BCUT2D eigenvalue weighted by Gasteiger charge is -2.27. The number of furan rings is 2. The van der Waals surface area contributed by atoms with E-state index in [9.17, 15) is 10.5 Å². The Labute approximate surface area is 416 Å². The van der Waals surface area contributed by atoms with Crippen molar-refractivity contribution in [2.24, 2.45) is 0 Å². The third kappa shape index (κ3) is 5.24. The molecule has 73 heavy (non-hydrogen) atoms. The van der Waals surface area contributed by atoms with Crippen LogP contribution in [0.2, 0.25) is 0 Å². The molecule has 1 aliphatic rings. The van der Waals surface area contributed by atoms with Gasteiger partial charge in [-0.3, -0.25) is 0 Å². The van der Waals surface area contributed by atoms with Gasteiger partial charge in [-0.1, -0.05) is 140 Å². The Morgan fingerprint density at radius 1 is 0.411 bits per heavy atom. The van der Waals surface area contributed by atoms with Crippen LogP contribution in [0.1, 0.15) is 28.8 Å². The zero-order valence-corrected chi connectivity index (χ0v) is 39.0. The second-order valence-electron chi connectivity index (χ2n) is 19.2. The summed E-state index contributed by atoms with van der Waals surface area (Å²) in [6, 6.07) is 70.8. The minimum absolute atomic E-state index is 0.362. The van der Waals surface area contributed by atoms with Crippen molar-refractivity contribution in [1.29, 1.82) is 10.5 Å². The van der Waals surface area contributed by atoms with E-state index in [0.29, 0.717) is 28.2 Å². The molecule has 0 fully saturated rings. The molecule has 0 unspecified atom stereocenters. The molecule has 7 nitrogen and oxygen atoms in total. The van der Waals surface area contributed by atoms with Crippen molar-refractivity contribution < 1.29 is 8.83 Å². The van der Waals surface area contributed by atoms with Crippen LogP contribution in [0, 0.1) is 22.7 Å². The molecular formula is C66H37N5O2. The van der Waals surface area contributed by atoms with E-state index in [0.717, 1.165) is 144 Å². The first kappa shape index (κ1) is 39.7. The van der Waals surface area contributed by atoms with Gasteiger partial charge in [0, 0.05) is 59.9 Å². The molecule has 0 amide bonds. The number of para-hydroxylation sites is 5. The number of fused-ring (bicyclic) bond motifs is 18. The number of nitriles is 2. The van der Waals surface area contributed by atoms with Gasteiger partial charge in [0.25, 0.3) is 0 Å². The van der Waals surface area contributed by atoms with Gasteiger partial charge in [0.2, 0.25) is 0 Å². The lowest BCUT2D eigenvalue weighted by atomic mass is 9.90. The van der Waals surface area contributed by atoms with Crippen LogP contribution in [-0.4, -0.2) is 13.7 Å². The highest BCUT2D eigenvalue weighted by molar-refractivity contribution is 6.30. The van der Waals surface area contributed by atoms with Crippen LogP contribution in [0.3, 0.4) is 0 Å². The quantitative estimate of drug-likeness (QED) is 0.176. The molecule has 1 aliphatic carbocycles. The Morgan fingerprint density at radius 2 is 0.959 bits per heavy atom. The van der Waals surface area contributed by atoms with Crippen LogP contribution in [-0.2, 0) is 6.42 Å². The van der Waals surface area contributed by atoms with Gasteiger partial charge in [0.05, 0.1) is 50.0 Å². The van der Waals surface area contributed by atoms with E-state index in [-0.39, 0.29) is 0 Å². The van der Waals surface area contributed by atoms with Gasteiger partial charge in [-0.25, -0.2) is 0 Å². The fourth-order valence-electron chi connectivity index (χ4n) is 12.6. The van der Waals surface area contributed by atoms with Crippen LogP contribution in [0.4, 0.5) is 0 Å². The van der Waals surface area contributed by atoms with Crippen LogP contribution in [0.15, 0.2) is 203 Å². The number of rotatable bonds is 4. The average molecular weight is 932 g/mol. The predicted molar refractivity (Wildman–Crippen MR) is 296 cm³/mol. The first-order valence-corrected chi connectivity index (χ1v) is 24.7. The molecule has 0 spiro atoms. The number of allylic oxidation sites excluding steroid dienone is 1. The van der Waals surface area contributed by atoms with Crippen LogP contribution in [0.25, 0.3) is 143 Å². The monoisotopic (exact) mass is 931 g/mol. The van der Waals surface area contributed by atoms with E-state index in [1.807, 2.05) is 42.5 Å². The normalized spacial score (nSPS) is 12.7. The summed E-state index contributed by atoms with van der Waals surface area (Å²) in [4.78, 5) is 0. The topological polar surface area (TPSA) is 88.6 Å². The Balaban J connectivity index is 1.20. The van der Waals surface area contributed by atoms with Crippen molar-refractivity contribution in [3.63, 3.8) is 0 Å². The van der Waals surface area contributed by atoms with E-state index in [1.165, 1.54) is 0 Å². The zero-order chi connectivity index (χ0) is 48.1. The number of aromatic nitrogens is 3. The van der Waals surface area contributed by atoms with Gasteiger partial charge in [0.1, 0.15) is 45.6 Å². The number of hydrogen-bond acceptors (Lipinski definition) is 4. The molecule has 0 aliphatic heterocycles. The average Bonchev–Trinajstić information content (AvgIpc) is 4.26. The minimum atomic E-state index is 0.362. The summed E-state index contributed by atoms with van der Waals surface area (Å²) >= 11 is 0. The molecule has 15 aromatic rings. The maximum Gasteiger partial charge on any atom is 0.145 e. The van der Waals surface area contributed by atoms with Gasteiger partial charge < -0.3 is 22.5 Å². The second-order valence-corrected chi connectivity index (χ2v) is 19.2. The third-order valence-electron chi connectivity index (χ3n) is 15.6. The molecule has 338 valence electrons. The van der Waals surface area contributed by atoms with E-state index in [2.05, 4.69) is 184 Å². The summed E-state index contributed by atoms with van der Waals surface area (Å²) in [5, 5.41) is 36.1. The summed E-state index contributed by atoms with van der Waals surface area (Å²) in [7, 11) is 0. The molecule has 16 rings (SSSR count). The first-order valence-electron chi connectivity index (χ1n) is 24.7. The second kappa shape index (κ2) is 14.7. The van der Waals surface area contributed by atoms with Crippen molar-refractivity contribution in [1.82, 2.24) is 13.7 Å². The van der Waals surface area contributed by atoms with Crippen molar-refractivity contribution in [3.8, 4) is 40.3 Å². The fraction of sp³-hybridized carbons (Fsp3) is 0.0303. The highest BCUT2D eigenvalue weighted by Crippen LogP contribution is 2.51. The maximum atomic E-state index is 12.5. The standard InChI is InChI=1S/C66H37N5O2/c67-36-49-63(71-55-32-29-38-15-1-2-16-40(38)61(55)62-56(71)33-31-47-45-21-7-14-28-58(45)73-66(47)62)50(37-68)65(70-53-25-11-5-19-43(53)44-20-6-12-26-54(44)70)60(39-30-34-59-48(35-39)46-22-8-13-27-57(46)72-59)64(49)69-51-23-9-3-17-41(51)42-18-4-10-24-52(42)69/h1-11,13-25,27-35H,12,26H2. The summed E-state index contributed by atoms with van der Waals surface area (Å²) in [6.07, 6.45) is 6.08. The predicted octanol–water partition coefficient (Wildman–Crippen LogP) is 17.1. The van der Waals surface area contributed by atoms with Gasteiger partial charge >= 0.3 is 0 Å². The van der Waals surface area contributed by atoms with E-state index in [4.69, 9.17) is 8.83 Å². The van der Waals surface area contributed by atoms with Crippen molar-refractivity contribution in [2.45, 2.75) is 12.8 Å². The molecule has 0 saturated carbocycles. The van der Waals surface area contributed by atoms with Crippen LogP contribution in [0.5, 0.6) is 0 Å². The van der Waals surface area contributed by atoms with Crippen molar-refractivity contribution in [2.75, 3.05) is 0 Å². The maximum absolute atomic E-state index is 12.5. The fourth-order valence-corrected chi connectivity index (χ4v) is 12.6. The van der Waals surface area contributed by atoms with Gasteiger partial charge in [-0.05, 0) is 89.8 Å². The minimum Gasteiger partial charge on any atom is -0.456 e. The molecule has 10 aromatic carbocycles. The van der Waals surface area contributed by atoms with Gasteiger partial charge in [0.15, 0.2) is 0 Å². The summed E-state index contributed by atoms with van der Waals surface area (Å²) in [5.41, 5.74) is 14.1.